The van der Waals surface area contributed by atoms with E-state index < -0.39 is 15.9 Å². The van der Waals surface area contributed by atoms with Crippen molar-refractivity contribution in [1.29, 1.82) is 0 Å². The van der Waals surface area contributed by atoms with Crippen LogP contribution in [0.25, 0.3) is 0 Å². The van der Waals surface area contributed by atoms with Gasteiger partial charge >= 0.3 is 0 Å². The van der Waals surface area contributed by atoms with Crippen molar-refractivity contribution >= 4 is 9.84 Å². The molecule has 0 heterocycles. The van der Waals surface area contributed by atoms with Crippen LogP contribution in [-0.4, -0.2) is 42.7 Å². The lowest BCUT2D eigenvalue weighted by Crippen LogP contribution is -2.43. The average Bonchev–Trinajstić information content (AvgIpc) is 2.11. The van der Waals surface area contributed by atoms with Gasteiger partial charge in [0.25, 0.3) is 0 Å². The largest absolute Gasteiger partial charge is 0.391 e. The van der Waals surface area contributed by atoms with Crippen LogP contribution in [0.2, 0.25) is 0 Å². The molecule has 0 rings (SSSR count). The number of rotatable bonds is 6. The van der Waals surface area contributed by atoms with Gasteiger partial charge in [-0.15, -0.1) is 0 Å². The molecule has 0 aromatic carbocycles. The van der Waals surface area contributed by atoms with Crippen molar-refractivity contribution in [3.05, 3.63) is 0 Å². The first-order valence-electron chi connectivity index (χ1n) is 5.73. The molecule has 98 valence electrons. The van der Waals surface area contributed by atoms with Crippen LogP contribution in [0.4, 0.5) is 0 Å². The maximum atomic E-state index is 11.7. The molecule has 0 aliphatic carbocycles. The summed E-state index contributed by atoms with van der Waals surface area (Å²) in [5.41, 5.74) is -0.110. The van der Waals surface area contributed by atoms with Crippen LogP contribution in [0.1, 0.15) is 41.0 Å². The van der Waals surface area contributed by atoms with E-state index >= 15 is 0 Å². The molecule has 0 fully saturated rings. The Morgan fingerprint density at radius 1 is 1.31 bits per heavy atom. The van der Waals surface area contributed by atoms with E-state index in [0.29, 0.717) is 13.0 Å². The molecule has 0 amide bonds. The third-order valence-electron chi connectivity index (χ3n) is 2.48. The minimum Gasteiger partial charge on any atom is -0.391 e. The predicted octanol–water partition coefficient (Wildman–Crippen LogP) is 0.949. The fourth-order valence-electron chi connectivity index (χ4n) is 1.17. The quantitative estimate of drug-likeness (QED) is 0.737. The molecule has 0 bridgehead atoms. The van der Waals surface area contributed by atoms with Gasteiger partial charge in [-0.25, -0.2) is 8.42 Å². The average molecular weight is 251 g/mol. The molecule has 5 heteroatoms. The minimum atomic E-state index is -3.17. The summed E-state index contributed by atoms with van der Waals surface area (Å²) in [4.78, 5) is 0. The van der Waals surface area contributed by atoms with Gasteiger partial charge in [-0.1, -0.05) is 6.92 Å². The zero-order valence-corrected chi connectivity index (χ0v) is 11.8. The number of aliphatic hydroxyl groups excluding tert-OH is 1. The van der Waals surface area contributed by atoms with Crippen molar-refractivity contribution in [3.8, 4) is 0 Å². The van der Waals surface area contributed by atoms with Crippen molar-refractivity contribution in [2.75, 3.05) is 12.3 Å². The van der Waals surface area contributed by atoms with Crippen molar-refractivity contribution in [2.24, 2.45) is 0 Å². The number of hydrogen-bond acceptors (Lipinski definition) is 4. The summed E-state index contributed by atoms with van der Waals surface area (Å²) in [6.07, 6.45) is -0.250. The van der Waals surface area contributed by atoms with Gasteiger partial charge in [0.05, 0.1) is 17.1 Å². The highest BCUT2D eigenvalue weighted by molar-refractivity contribution is 7.92. The lowest BCUT2D eigenvalue weighted by atomic mass is 10.1. The summed E-state index contributed by atoms with van der Waals surface area (Å²) in [5, 5.41) is 12.4. The van der Waals surface area contributed by atoms with Crippen LogP contribution in [0.3, 0.4) is 0 Å². The van der Waals surface area contributed by atoms with E-state index in [-0.39, 0.29) is 16.5 Å². The monoisotopic (exact) mass is 251 g/mol. The summed E-state index contributed by atoms with van der Waals surface area (Å²) in [6.45, 7) is 9.75. The molecule has 0 saturated heterocycles. The second-order valence-electron chi connectivity index (χ2n) is 5.33. The maximum Gasteiger partial charge on any atom is 0.155 e. The number of hydrogen-bond donors (Lipinski definition) is 2. The molecule has 4 nitrogen and oxygen atoms in total. The summed E-state index contributed by atoms with van der Waals surface area (Å²) < 4.78 is 23.4. The van der Waals surface area contributed by atoms with Crippen LogP contribution in [0.5, 0.6) is 0 Å². The zero-order valence-electron chi connectivity index (χ0n) is 10.9. The number of sulfone groups is 1. The molecule has 0 aliphatic rings. The van der Waals surface area contributed by atoms with Crippen molar-refractivity contribution < 1.29 is 13.5 Å². The topological polar surface area (TPSA) is 66.4 Å². The summed E-state index contributed by atoms with van der Waals surface area (Å²) in [6, 6.07) is 0. The second kappa shape index (κ2) is 5.98. The molecular formula is C11H25NO3S. The van der Waals surface area contributed by atoms with E-state index in [1.165, 1.54) is 0 Å². The van der Waals surface area contributed by atoms with Crippen LogP contribution in [0, 0.1) is 0 Å². The Labute approximate surface area is 99.4 Å². The fourth-order valence-corrected chi connectivity index (χ4v) is 2.66. The summed E-state index contributed by atoms with van der Waals surface area (Å²) in [7, 11) is -3.17. The van der Waals surface area contributed by atoms with Crippen molar-refractivity contribution in [3.63, 3.8) is 0 Å². The molecule has 0 aliphatic heterocycles. The Balaban J connectivity index is 4.20. The molecule has 0 saturated carbocycles. The van der Waals surface area contributed by atoms with Gasteiger partial charge in [0.15, 0.2) is 9.84 Å². The molecule has 2 N–H and O–H groups in total. The molecule has 0 aromatic heterocycles. The Kier molecular flexibility index (Phi) is 5.93. The van der Waals surface area contributed by atoms with Crippen molar-refractivity contribution in [1.82, 2.24) is 5.32 Å². The first-order chi connectivity index (χ1) is 7.08. The molecule has 2 unspecified atom stereocenters. The minimum absolute atomic E-state index is 0.110. The zero-order chi connectivity index (χ0) is 13.0. The van der Waals surface area contributed by atoms with E-state index in [1.54, 1.807) is 6.92 Å². The summed E-state index contributed by atoms with van der Waals surface area (Å²) >= 11 is 0. The SMILES string of the molecule is CCC(C)S(=O)(=O)CC(O)CNC(C)(C)C. The lowest BCUT2D eigenvalue weighted by molar-refractivity contribution is 0.181. The normalized spacial score (nSPS) is 17.1. The van der Waals surface area contributed by atoms with E-state index in [4.69, 9.17) is 0 Å². The van der Waals surface area contributed by atoms with Gasteiger partial charge in [-0.3, -0.25) is 0 Å². The highest BCUT2D eigenvalue weighted by Crippen LogP contribution is 2.08. The standard InChI is InChI=1S/C11H25NO3S/c1-6-9(2)16(14,15)8-10(13)7-12-11(3,4)5/h9-10,12-13H,6-8H2,1-5H3. The Bertz CT molecular complexity index is 293. The molecule has 0 aromatic rings. The third-order valence-corrected chi connectivity index (χ3v) is 4.89. The predicted molar refractivity (Wildman–Crippen MR) is 67.3 cm³/mol. The van der Waals surface area contributed by atoms with Crippen LogP contribution in [-0.2, 0) is 9.84 Å². The fraction of sp³-hybridized carbons (Fsp3) is 1.00. The first kappa shape index (κ1) is 15.9. The van der Waals surface area contributed by atoms with Gasteiger partial charge in [0.1, 0.15) is 0 Å². The third kappa shape index (κ3) is 6.45. The molecule has 0 radical (unpaired) electrons. The van der Waals surface area contributed by atoms with Crippen LogP contribution < -0.4 is 5.32 Å². The van der Waals surface area contributed by atoms with Gasteiger partial charge in [0, 0.05) is 12.1 Å². The Morgan fingerprint density at radius 2 is 1.81 bits per heavy atom. The number of aliphatic hydroxyl groups is 1. The lowest BCUT2D eigenvalue weighted by Gasteiger charge is -2.23. The molecule has 16 heavy (non-hydrogen) atoms. The van der Waals surface area contributed by atoms with Crippen LogP contribution >= 0.6 is 0 Å². The van der Waals surface area contributed by atoms with E-state index in [9.17, 15) is 13.5 Å². The molecule has 2 atom stereocenters. The van der Waals surface area contributed by atoms with E-state index in [0.717, 1.165) is 0 Å². The second-order valence-corrected chi connectivity index (χ2v) is 7.80. The number of β-amino-alcohol motifs (C(OH)–C–C–N with tert-alkyl or cyclic N) is 1. The molecular weight excluding hydrogens is 226 g/mol. The first-order valence-corrected chi connectivity index (χ1v) is 7.44. The van der Waals surface area contributed by atoms with Gasteiger partial charge < -0.3 is 10.4 Å². The summed E-state index contributed by atoms with van der Waals surface area (Å²) in [5.74, 6) is -0.162. The van der Waals surface area contributed by atoms with Gasteiger partial charge in [0.2, 0.25) is 0 Å². The highest BCUT2D eigenvalue weighted by Gasteiger charge is 2.23. The Hall–Kier alpha value is -0.130. The van der Waals surface area contributed by atoms with Crippen molar-refractivity contribution in [2.45, 2.75) is 57.9 Å². The van der Waals surface area contributed by atoms with E-state index in [2.05, 4.69) is 5.32 Å². The van der Waals surface area contributed by atoms with E-state index in [1.807, 2.05) is 27.7 Å². The smallest absolute Gasteiger partial charge is 0.155 e. The van der Waals surface area contributed by atoms with Gasteiger partial charge in [-0.05, 0) is 34.1 Å². The van der Waals surface area contributed by atoms with Gasteiger partial charge in [-0.2, -0.15) is 0 Å². The maximum absolute atomic E-state index is 11.7. The highest BCUT2D eigenvalue weighted by atomic mass is 32.2. The number of nitrogens with one attached hydrogen (secondary N) is 1. The van der Waals surface area contributed by atoms with Crippen LogP contribution in [0.15, 0.2) is 0 Å². The Morgan fingerprint density at radius 3 is 2.19 bits per heavy atom. The molecule has 0 spiro atoms.